The van der Waals surface area contributed by atoms with Crippen LogP contribution < -0.4 is 10.2 Å². The highest BCUT2D eigenvalue weighted by Crippen LogP contribution is 2.35. The molecule has 1 N–H and O–H groups in total. The number of aryl methyl sites for hydroxylation is 1. The Labute approximate surface area is 102 Å². The minimum atomic E-state index is 0.152. The van der Waals surface area contributed by atoms with Gasteiger partial charge in [0.15, 0.2) is 0 Å². The van der Waals surface area contributed by atoms with E-state index < -0.39 is 0 Å². The van der Waals surface area contributed by atoms with Crippen LogP contribution in [-0.2, 0) is 11.2 Å². The monoisotopic (exact) mass is 230 g/mol. The molecule has 1 aromatic rings. The van der Waals surface area contributed by atoms with Gasteiger partial charge in [0, 0.05) is 30.9 Å². The molecule has 0 saturated carbocycles. The molecule has 0 spiro atoms. The quantitative estimate of drug-likeness (QED) is 0.804. The van der Waals surface area contributed by atoms with Crippen molar-refractivity contribution in [2.24, 2.45) is 0 Å². The van der Waals surface area contributed by atoms with Crippen LogP contribution in [0.4, 0.5) is 11.4 Å². The molecule has 2 aliphatic rings. The summed E-state index contributed by atoms with van der Waals surface area (Å²) in [5.41, 5.74) is 4.91. The normalized spacial score (nSPS) is 19.1. The molecule has 1 aromatic carbocycles. The van der Waals surface area contributed by atoms with Crippen molar-refractivity contribution in [3.63, 3.8) is 0 Å². The summed E-state index contributed by atoms with van der Waals surface area (Å²) >= 11 is 0. The first-order chi connectivity index (χ1) is 8.25. The van der Waals surface area contributed by atoms with Crippen molar-refractivity contribution in [2.75, 3.05) is 23.3 Å². The third-order valence-electron chi connectivity index (χ3n) is 3.81. The zero-order valence-electron chi connectivity index (χ0n) is 10.3. The van der Waals surface area contributed by atoms with Crippen LogP contribution in [-0.4, -0.2) is 19.0 Å². The molecule has 2 heterocycles. The standard InChI is InChI=1S/C14H18N2O/c1-10-4-6-12(16-8-2-3-9-16)11-5-7-13(17)15-14(10)11/h4,6H,2-3,5,7-9H2,1H3,(H,15,17). The summed E-state index contributed by atoms with van der Waals surface area (Å²) in [6, 6.07) is 4.34. The minimum absolute atomic E-state index is 0.152. The van der Waals surface area contributed by atoms with E-state index in [9.17, 15) is 4.79 Å². The lowest BCUT2D eigenvalue weighted by atomic mass is 9.97. The lowest BCUT2D eigenvalue weighted by Crippen LogP contribution is -2.25. The molecule has 1 saturated heterocycles. The molecule has 0 aromatic heterocycles. The maximum Gasteiger partial charge on any atom is 0.224 e. The van der Waals surface area contributed by atoms with E-state index in [1.807, 2.05) is 0 Å². The number of anilines is 2. The number of nitrogens with zero attached hydrogens (tertiary/aromatic N) is 1. The maximum absolute atomic E-state index is 11.5. The van der Waals surface area contributed by atoms with Crippen molar-refractivity contribution in [1.82, 2.24) is 0 Å². The van der Waals surface area contributed by atoms with Gasteiger partial charge in [-0.3, -0.25) is 4.79 Å². The Kier molecular flexibility index (Phi) is 2.54. The van der Waals surface area contributed by atoms with Crippen LogP contribution in [0.2, 0.25) is 0 Å². The van der Waals surface area contributed by atoms with E-state index in [4.69, 9.17) is 0 Å². The Hall–Kier alpha value is -1.51. The zero-order chi connectivity index (χ0) is 11.8. The van der Waals surface area contributed by atoms with E-state index in [1.54, 1.807) is 0 Å². The summed E-state index contributed by atoms with van der Waals surface area (Å²) in [4.78, 5) is 13.9. The summed E-state index contributed by atoms with van der Waals surface area (Å²) in [6.45, 7) is 4.38. The molecule has 1 amide bonds. The number of nitrogens with one attached hydrogen (secondary N) is 1. The van der Waals surface area contributed by atoms with Crippen LogP contribution in [0.15, 0.2) is 12.1 Å². The fraction of sp³-hybridized carbons (Fsp3) is 0.500. The van der Waals surface area contributed by atoms with Crippen LogP contribution in [0.5, 0.6) is 0 Å². The van der Waals surface area contributed by atoms with Crippen LogP contribution in [0, 0.1) is 6.92 Å². The second-order valence-corrected chi connectivity index (χ2v) is 5.00. The van der Waals surface area contributed by atoms with Gasteiger partial charge in [-0.05, 0) is 43.4 Å². The Morgan fingerprint density at radius 1 is 1.18 bits per heavy atom. The molecule has 3 nitrogen and oxygen atoms in total. The van der Waals surface area contributed by atoms with E-state index in [2.05, 4.69) is 29.3 Å². The molecule has 0 unspecified atom stereocenters. The molecule has 0 bridgehead atoms. The highest BCUT2D eigenvalue weighted by molar-refractivity contribution is 5.96. The minimum Gasteiger partial charge on any atom is -0.371 e. The topological polar surface area (TPSA) is 32.3 Å². The van der Waals surface area contributed by atoms with Gasteiger partial charge in [-0.2, -0.15) is 0 Å². The van der Waals surface area contributed by atoms with E-state index in [0.717, 1.165) is 25.2 Å². The Morgan fingerprint density at radius 3 is 2.71 bits per heavy atom. The van der Waals surface area contributed by atoms with Gasteiger partial charge in [-0.15, -0.1) is 0 Å². The molecule has 0 aliphatic carbocycles. The second kappa shape index (κ2) is 4.06. The van der Waals surface area contributed by atoms with Gasteiger partial charge in [0.1, 0.15) is 0 Å². The average Bonchev–Trinajstić information content (AvgIpc) is 2.84. The SMILES string of the molecule is Cc1ccc(N2CCCC2)c2c1NC(=O)CC2. The van der Waals surface area contributed by atoms with Gasteiger partial charge in [-0.1, -0.05) is 6.07 Å². The fourth-order valence-electron chi connectivity index (χ4n) is 2.88. The predicted molar refractivity (Wildman–Crippen MR) is 69.6 cm³/mol. The predicted octanol–water partition coefficient (Wildman–Crippen LogP) is 2.48. The van der Waals surface area contributed by atoms with E-state index in [0.29, 0.717) is 6.42 Å². The number of hydrogen-bond acceptors (Lipinski definition) is 2. The molecular weight excluding hydrogens is 212 g/mol. The number of carbonyl (C=O) groups is 1. The number of carbonyl (C=O) groups excluding carboxylic acids is 1. The Balaban J connectivity index is 2.05. The van der Waals surface area contributed by atoms with Crippen LogP contribution >= 0.6 is 0 Å². The first-order valence-electron chi connectivity index (χ1n) is 6.43. The van der Waals surface area contributed by atoms with Crippen molar-refractivity contribution >= 4 is 17.3 Å². The van der Waals surface area contributed by atoms with Crippen LogP contribution in [0.3, 0.4) is 0 Å². The number of benzene rings is 1. The first-order valence-corrected chi connectivity index (χ1v) is 6.43. The molecule has 1 fully saturated rings. The summed E-state index contributed by atoms with van der Waals surface area (Å²) in [5.74, 6) is 0.152. The van der Waals surface area contributed by atoms with Crippen molar-refractivity contribution in [1.29, 1.82) is 0 Å². The Morgan fingerprint density at radius 2 is 1.94 bits per heavy atom. The molecule has 17 heavy (non-hydrogen) atoms. The zero-order valence-corrected chi connectivity index (χ0v) is 10.3. The van der Waals surface area contributed by atoms with Gasteiger partial charge < -0.3 is 10.2 Å². The van der Waals surface area contributed by atoms with Gasteiger partial charge in [0.25, 0.3) is 0 Å². The summed E-state index contributed by atoms with van der Waals surface area (Å²) in [6.07, 6.45) is 4.08. The van der Waals surface area contributed by atoms with Crippen molar-refractivity contribution in [3.05, 3.63) is 23.3 Å². The number of rotatable bonds is 1. The summed E-state index contributed by atoms with van der Waals surface area (Å²) in [5, 5.41) is 3.03. The largest absolute Gasteiger partial charge is 0.371 e. The number of amides is 1. The molecule has 3 rings (SSSR count). The van der Waals surface area contributed by atoms with Gasteiger partial charge in [0.2, 0.25) is 5.91 Å². The van der Waals surface area contributed by atoms with Gasteiger partial charge in [-0.25, -0.2) is 0 Å². The maximum atomic E-state index is 11.5. The number of fused-ring (bicyclic) bond motifs is 1. The average molecular weight is 230 g/mol. The molecular formula is C14H18N2O. The molecule has 0 atom stereocenters. The van der Waals surface area contributed by atoms with Gasteiger partial charge in [0.05, 0.1) is 0 Å². The first kappa shape index (κ1) is 10.6. The molecule has 3 heteroatoms. The smallest absolute Gasteiger partial charge is 0.224 e. The highest BCUT2D eigenvalue weighted by atomic mass is 16.1. The van der Waals surface area contributed by atoms with Crippen LogP contribution in [0.1, 0.15) is 30.4 Å². The third-order valence-corrected chi connectivity index (χ3v) is 3.81. The fourth-order valence-corrected chi connectivity index (χ4v) is 2.88. The van der Waals surface area contributed by atoms with Crippen molar-refractivity contribution < 1.29 is 4.79 Å². The highest BCUT2D eigenvalue weighted by Gasteiger charge is 2.23. The Bertz CT molecular complexity index is 462. The number of hydrogen-bond donors (Lipinski definition) is 1. The summed E-state index contributed by atoms with van der Waals surface area (Å²) in [7, 11) is 0. The summed E-state index contributed by atoms with van der Waals surface area (Å²) < 4.78 is 0. The lowest BCUT2D eigenvalue weighted by molar-refractivity contribution is -0.116. The van der Waals surface area contributed by atoms with E-state index >= 15 is 0 Å². The third kappa shape index (κ3) is 1.79. The second-order valence-electron chi connectivity index (χ2n) is 5.00. The van der Waals surface area contributed by atoms with E-state index in [-0.39, 0.29) is 5.91 Å². The molecule has 0 radical (unpaired) electrons. The lowest BCUT2D eigenvalue weighted by Gasteiger charge is -2.27. The van der Waals surface area contributed by atoms with Crippen molar-refractivity contribution in [2.45, 2.75) is 32.6 Å². The van der Waals surface area contributed by atoms with E-state index in [1.165, 1.54) is 29.7 Å². The van der Waals surface area contributed by atoms with Crippen LogP contribution in [0.25, 0.3) is 0 Å². The molecule has 90 valence electrons. The van der Waals surface area contributed by atoms with Gasteiger partial charge >= 0.3 is 0 Å². The van der Waals surface area contributed by atoms with Crippen molar-refractivity contribution in [3.8, 4) is 0 Å². The molecule has 2 aliphatic heterocycles.